The third kappa shape index (κ3) is 3.08. The second-order valence-corrected chi connectivity index (χ2v) is 8.53. The lowest BCUT2D eigenvalue weighted by atomic mass is 9.61. The van der Waals surface area contributed by atoms with Crippen LogP contribution in [-0.2, 0) is 0 Å². The maximum absolute atomic E-state index is 10.3. The van der Waals surface area contributed by atoms with Gasteiger partial charge in [0.15, 0.2) is 0 Å². The van der Waals surface area contributed by atoms with Crippen molar-refractivity contribution in [2.45, 2.75) is 85.7 Å². The lowest BCUT2D eigenvalue weighted by Gasteiger charge is -2.45. The van der Waals surface area contributed by atoms with Gasteiger partial charge in [-0.1, -0.05) is 53.9 Å². The maximum Gasteiger partial charge on any atom is 0.0573 e. The van der Waals surface area contributed by atoms with Crippen LogP contribution in [0.3, 0.4) is 0 Å². The molecule has 6 atom stereocenters. The van der Waals surface area contributed by atoms with E-state index in [1.165, 1.54) is 38.5 Å². The molecule has 1 nitrogen and oxygen atoms in total. The van der Waals surface area contributed by atoms with Gasteiger partial charge in [0.25, 0.3) is 0 Å². The number of rotatable bonds is 5. The summed E-state index contributed by atoms with van der Waals surface area (Å²) in [5.74, 6) is 3.93. The summed E-state index contributed by atoms with van der Waals surface area (Å²) in [5.41, 5.74) is 0.429. The van der Waals surface area contributed by atoms with Crippen molar-refractivity contribution in [3.63, 3.8) is 0 Å². The van der Waals surface area contributed by atoms with Crippen molar-refractivity contribution in [3.05, 3.63) is 0 Å². The second-order valence-electron chi connectivity index (χ2n) is 8.53. The Hall–Kier alpha value is -0.0400. The van der Waals surface area contributed by atoms with Crippen LogP contribution < -0.4 is 0 Å². The molecule has 3 unspecified atom stereocenters. The molecule has 0 radical (unpaired) electrons. The molecule has 0 aliphatic heterocycles. The van der Waals surface area contributed by atoms with Crippen LogP contribution in [0, 0.1) is 35.0 Å². The van der Waals surface area contributed by atoms with E-state index >= 15 is 0 Å². The van der Waals surface area contributed by atoms with Crippen molar-refractivity contribution in [1.82, 2.24) is 0 Å². The van der Waals surface area contributed by atoms with Gasteiger partial charge in [-0.25, -0.2) is 0 Å². The topological polar surface area (TPSA) is 20.2 Å². The Morgan fingerprint density at radius 1 is 1.05 bits per heavy atom. The van der Waals surface area contributed by atoms with Gasteiger partial charge in [0.05, 0.1) is 6.10 Å². The minimum absolute atomic E-state index is 0.0134. The molecule has 0 bridgehead atoms. The van der Waals surface area contributed by atoms with E-state index in [2.05, 4.69) is 34.6 Å². The summed E-state index contributed by atoms with van der Waals surface area (Å²) in [5, 5.41) is 10.3. The largest absolute Gasteiger partial charge is 0.393 e. The fourth-order valence-electron chi connectivity index (χ4n) is 5.18. The van der Waals surface area contributed by atoms with Crippen molar-refractivity contribution in [1.29, 1.82) is 0 Å². The molecule has 20 heavy (non-hydrogen) atoms. The Bertz CT molecular complexity index is 311. The quantitative estimate of drug-likeness (QED) is 0.727. The zero-order valence-corrected chi connectivity index (χ0v) is 14.4. The molecular weight excluding hydrogens is 244 g/mol. The first-order valence-corrected chi connectivity index (χ1v) is 9.04. The van der Waals surface area contributed by atoms with Gasteiger partial charge in [0, 0.05) is 0 Å². The SMILES string of the molecule is CC(C)C(C)CC[C@@H](C)[C@H]1CC[C@H]2C(O)CCCC12C. The smallest absolute Gasteiger partial charge is 0.0573 e. The average molecular weight is 280 g/mol. The van der Waals surface area contributed by atoms with Crippen LogP contribution in [-0.4, -0.2) is 11.2 Å². The maximum atomic E-state index is 10.3. The standard InChI is InChI=1S/C19H36O/c1-13(2)14(3)8-9-15(4)16-10-11-17-18(20)7-6-12-19(16,17)5/h13-18,20H,6-12H2,1-5H3/t14?,15-,16-,17+,18?,19?/m1/s1. The Morgan fingerprint density at radius 3 is 2.40 bits per heavy atom. The predicted octanol–water partition coefficient (Wildman–Crippen LogP) is 5.27. The Morgan fingerprint density at radius 2 is 1.75 bits per heavy atom. The highest BCUT2D eigenvalue weighted by molar-refractivity contribution is 5.01. The Balaban J connectivity index is 1.95. The van der Waals surface area contributed by atoms with Crippen LogP contribution in [0.15, 0.2) is 0 Å². The molecule has 0 saturated heterocycles. The molecule has 2 saturated carbocycles. The molecule has 0 aromatic carbocycles. The van der Waals surface area contributed by atoms with Gasteiger partial charge in [-0.15, -0.1) is 0 Å². The first kappa shape index (κ1) is 16.3. The molecule has 2 fully saturated rings. The molecule has 118 valence electrons. The van der Waals surface area contributed by atoms with E-state index in [9.17, 15) is 5.11 Å². The van der Waals surface area contributed by atoms with E-state index < -0.39 is 0 Å². The average Bonchev–Trinajstić information content (AvgIpc) is 2.74. The van der Waals surface area contributed by atoms with Crippen LogP contribution in [0.1, 0.15) is 79.6 Å². The third-order valence-electron chi connectivity index (χ3n) is 7.06. The van der Waals surface area contributed by atoms with Gasteiger partial charge in [-0.05, 0) is 60.7 Å². The fraction of sp³-hybridized carbons (Fsp3) is 1.00. The van der Waals surface area contributed by atoms with E-state index in [1.807, 2.05) is 0 Å². The predicted molar refractivity (Wildman–Crippen MR) is 86.6 cm³/mol. The monoisotopic (exact) mass is 280 g/mol. The van der Waals surface area contributed by atoms with Gasteiger partial charge in [-0.3, -0.25) is 0 Å². The van der Waals surface area contributed by atoms with Crippen molar-refractivity contribution < 1.29 is 5.11 Å². The number of aliphatic hydroxyl groups excluding tert-OH is 1. The van der Waals surface area contributed by atoms with Crippen LogP contribution in [0.2, 0.25) is 0 Å². The summed E-state index contributed by atoms with van der Waals surface area (Å²) in [6.07, 6.45) is 9.00. The highest BCUT2D eigenvalue weighted by Gasteiger charge is 2.51. The molecule has 2 rings (SSSR count). The first-order chi connectivity index (χ1) is 9.36. The molecule has 0 amide bonds. The van der Waals surface area contributed by atoms with Crippen LogP contribution in [0.25, 0.3) is 0 Å². The minimum atomic E-state index is -0.0134. The second kappa shape index (κ2) is 6.38. The lowest BCUT2D eigenvalue weighted by molar-refractivity contribution is -0.0281. The van der Waals surface area contributed by atoms with E-state index in [-0.39, 0.29) is 6.10 Å². The highest BCUT2D eigenvalue weighted by Crippen LogP contribution is 2.58. The van der Waals surface area contributed by atoms with Crippen molar-refractivity contribution in [3.8, 4) is 0 Å². The molecule has 1 heteroatoms. The van der Waals surface area contributed by atoms with Gasteiger partial charge < -0.3 is 5.11 Å². The van der Waals surface area contributed by atoms with Crippen molar-refractivity contribution >= 4 is 0 Å². The molecule has 2 aliphatic carbocycles. The third-order valence-corrected chi connectivity index (χ3v) is 7.06. The number of fused-ring (bicyclic) bond motifs is 1. The summed E-state index contributed by atoms with van der Waals surface area (Å²) >= 11 is 0. The van der Waals surface area contributed by atoms with Crippen LogP contribution in [0.4, 0.5) is 0 Å². The summed E-state index contributed by atoms with van der Waals surface area (Å²) in [4.78, 5) is 0. The summed E-state index contributed by atoms with van der Waals surface area (Å²) in [6, 6.07) is 0. The van der Waals surface area contributed by atoms with Crippen LogP contribution in [0.5, 0.6) is 0 Å². The van der Waals surface area contributed by atoms with Crippen molar-refractivity contribution in [2.24, 2.45) is 35.0 Å². The zero-order chi connectivity index (χ0) is 14.9. The lowest BCUT2D eigenvalue weighted by Crippen LogP contribution is -2.41. The fourth-order valence-corrected chi connectivity index (χ4v) is 5.18. The Kier molecular flexibility index (Phi) is 5.21. The zero-order valence-electron chi connectivity index (χ0n) is 14.4. The first-order valence-electron chi connectivity index (χ1n) is 9.04. The minimum Gasteiger partial charge on any atom is -0.393 e. The van der Waals surface area contributed by atoms with Gasteiger partial charge in [0.1, 0.15) is 0 Å². The molecule has 0 aromatic heterocycles. The Labute approximate surface area is 126 Å². The van der Waals surface area contributed by atoms with Crippen LogP contribution >= 0.6 is 0 Å². The number of hydrogen-bond donors (Lipinski definition) is 1. The van der Waals surface area contributed by atoms with E-state index in [1.54, 1.807) is 0 Å². The molecular formula is C19H36O. The number of aliphatic hydroxyl groups is 1. The van der Waals surface area contributed by atoms with E-state index in [4.69, 9.17) is 0 Å². The summed E-state index contributed by atoms with van der Waals surface area (Å²) in [7, 11) is 0. The van der Waals surface area contributed by atoms with E-state index in [0.717, 1.165) is 30.1 Å². The summed E-state index contributed by atoms with van der Waals surface area (Å²) < 4.78 is 0. The van der Waals surface area contributed by atoms with E-state index in [0.29, 0.717) is 11.3 Å². The molecule has 0 heterocycles. The van der Waals surface area contributed by atoms with Gasteiger partial charge in [-0.2, -0.15) is 0 Å². The molecule has 1 N–H and O–H groups in total. The normalized spacial score (nSPS) is 40.6. The molecule has 2 aliphatic rings. The molecule has 0 aromatic rings. The van der Waals surface area contributed by atoms with Gasteiger partial charge in [0.2, 0.25) is 0 Å². The highest BCUT2D eigenvalue weighted by atomic mass is 16.3. The van der Waals surface area contributed by atoms with Gasteiger partial charge >= 0.3 is 0 Å². The number of hydrogen-bond acceptors (Lipinski definition) is 1. The summed E-state index contributed by atoms with van der Waals surface area (Å²) in [6.45, 7) is 12.1. The molecule has 0 spiro atoms. The van der Waals surface area contributed by atoms with Crippen molar-refractivity contribution in [2.75, 3.05) is 0 Å².